The number of aryl methyl sites for hydroxylation is 1. The van der Waals surface area contributed by atoms with Gasteiger partial charge in [0.05, 0.1) is 6.54 Å². The van der Waals surface area contributed by atoms with Crippen LogP contribution in [0, 0.1) is 10.7 Å². The van der Waals surface area contributed by atoms with Gasteiger partial charge in [0.25, 0.3) is 0 Å². The highest BCUT2D eigenvalue weighted by Crippen LogP contribution is 2.32. The molecule has 1 aromatic carbocycles. The SMILES string of the molecule is CCCCn1c(-c2ccc(Cl)cc2)nn(CCC(=O)NC(C)C2CC2)c1=S. The number of nitrogens with zero attached hydrogens (tertiary/aromatic N) is 3. The normalized spacial score (nSPS) is 14.9. The maximum Gasteiger partial charge on any atom is 0.222 e. The lowest BCUT2D eigenvalue weighted by atomic mass is 10.2. The third-order valence-corrected chi connectivity index (χ3v) is 5.71. The summed E-state index contributed by atoms with van der Waals surface area (Å²) in [6, 6.07) is 7.88. The van der Waals surface area contributed by atoms with Crippen LogP contribution in [0.3, 0.4) is 0 Å². The molecule has 1 unspecified atom stereocenters. The molecule has 0 radical (unpaired) electrons. The Kier molecular flexibility index (Phi) is 6.71. The van der Waals surface area contributed by atoms with E-state index in [0.717, 1.165) is 30.8 Å². The molecule has 0 spiro atoms. The summed E-state index contributed by atoms with van der Waals surface area (Å²) in [5.74, 6) is 1.55. The molecule has 1 aliphatic carbocycles. The van der Waals surface area contributed by atoms with E-state index in [1.165, 1.54) is 12.8 Å². The van der Waals surface area contributed by atoms with E-state index in [4.69, 9.17) is 28.9 Å². The van der Waals surface area contributed by atoms with Crippen molar-refractivity contribution in [2.45, 2.75) is 65.1 Å². The quantitative estimate of drug-likeness (QED) is 0.606. The Morgan fingerprint density at radius 1 is 1.33 bits per heavy atom. The summed E-state index contributed by atoms with van der Waals surface area (Å²) in [5.41, 5.74) is 0.979. The van der Waals surface area contributed by atoms with Gasteiger partial charge in [-0.05, 0) is 68.6 Å². The number of rotatable bonds is 9. The zero-order valence-electron chi connectivity index (χ0n) is 15.9. The predicted octanol–water partition coefficient (Wildman–Crippen LogP) is 4.84. The number of unbranched alkanes of at least 4 members (excludes halogenated alkanes) is 1. The number of benzene rings is 1. The van der Waals surface area contributed by atoms with Crippen molar-refractivity contribution in [1.29, 1.82) is 0 Å². The summed E-state index contributed by atoms with van der Waals surface area (Å²) in [5, 5.41) is 8.50. The summed E-state index contributed by atoms with van der Waals surface area (Å²) >= 11 is 11.7. The smallest absolute Gasteiger partial charge is 0.222 e. The van der Waals surface area contributed by atoms with Gasteiger partial charge in [-0.15, -0.1) is 0 Å². The third kappa shape index (κ3) is 5.20. The van der Waals surface area contributed by atoms with E-state index in [9.17, 15) is 4.79 Å². The molecule has 27 heavy (non-hydrogen) atoms. The lowest BCUT2D eigenvalue weighted by molar-refractivity contribution is -0.122. The summed E-state index contributed by atoms with van der Waals surface area (Å²) in [6.45, 7) is 5.54. The lowest BCUT2D eigenvalue weighted by Gasteiger charge is -2.12. The zero-order chi connectivity index (χ0) is 19.4. The number of hydrogen-bond acceptors (Lipinski definition) is 3. The Morgan fingerprint density at radius 3 is 2.67 bits per heavy atom. The molecule has 2 aromatic rings. The fourth-order valence-electron chi connectivity index (χ4n) is 3.16. The number of hydrogen-bond donors (Lipinski definition) is 1. The highest BCUT2D eigenvalue weighted by atomic mass is 35.5. The Morgan fingerprint density at radius 2 is 2.04 bits per heavy atom. The molecule has 1 fully saturated rings. The Balaban J connectivity index is 1.75. The number of nitrogens with one attached hydrogen (secondary N) is 1. The van der Waals surface area contributed by atoms with Crippen LogP contribution in [0.5, 0.6) is 0 Å². The second-order valence-corrected chi connectivity index (χ2v) is 8.09. The molecule has 1 saturated carbocycles. The molecule has 1 aromatic heterocycles. The molecule has 1 atom stereocenters. The second kappa shape index (κ2) is 9.02. The van der Waals surface area contributed by atoms with Crippen molar-refractivity contribution in [2.24, 2.45) is 5.92 Å². The molecule has 1 amide bonds. The molecule has 0 bridgehead atoms. The standard InChI is InChI=1S/C20H27ClN4OS/c1-3-4-12-24-19(16-7-9-17(21)10-8-16)23-25(20(24)27)13-11-18(26)22-14(2)15-5-6-15/h7-10,14-15H,3-6,11-13H2,1-2H3,(H,22,26). The molecule has 1 heterocycles. The van der Waals surface area contributed by atoms with E-state index in [1.807, 2.05) is 24.3 Å². The van der Waals surface area contributed by atoms with E-state index >= 15 is 0 Å². The highest BCUT2D eigenvalue weighted by Gasteiger charge is 2.28. The van der Waals surface area contributed by atoms with Crippen LogP contribution in [0.4, 0.5) is 0 Å². The van der Waals surface area contributed by atoms with Gasteiger partial charge < -0.3 is 5.32 Å². The minimum atomic E-state index is 0.0625. The summed E-state index contributed by atoms with van der Waals surface area (Å²) < 4.78 is 4.50. The van der Waals surface area contributed by atoms with E-state index < -0.39 is 0 Å². The average molecular weight is 407 g/mol. The molecule has 146 valence electrons. The van der Waals surface area contributed by atoms with Crippen molar-refractivity contribution in [3.63, 3.8) is 0 Å². The lowest BCUT2D eigenvalue weighted by Crippen LogP contribution is -2.34. The van der Waals surface area contributed by atoms with Crippen LogP contribution in [0.15, 0.2) is 24.3 Å². The highest BCUT2D eigenvalue weighted by molar-refractivity contribution is 7.71. The van der Waals surface area contributed by atoms with Gasteiger partial charge in [0.15, 0.2) is 10.6 Å². The average Bonchev–Trinajstić information content (AvgIpc) is 3.45. The molecule has 0 saturated heterocycles. The van der Waals surface area contributed by atoms with Crippen LogP contribution in [0.25, 0.3) is 11.4 Å². The second-order valence-electron chi connectivity index (χ2n) is 7.29. The minimum Gasteiger partial charge on any atom is -0.353 e. The molecule has 7 heteroatoms. The van der Waals surface area contributed by atoms with Crippen LogP contribution in [0.1, 0.15) is 46.0 Å². The number of carbonyl (C=O) groups excluding carboxylic acids is 1. The topological polar surface area (TPSA) is 51.9 Å². The number of amides is 1. The number of halogens is 1. The molecule has 0 aliphatic heterocycles. The van der Waals surface area contributed by atoms with Crippen molar-refractivity contribution in [3.05, 3.63) is 34.1 Å². The van der Waals surface area contributed by atoms with Gasteiger partial charge in [-0.3, -0.25) is 9.36 Å². The largest absolute Gasteiger partial charge is 0.353 e. The molecule has 5 nitrogen and oxygen atoms in total. The zero-order valence-corrected chi connectivity index (χ0v) is 17.5. The van der Waals surface area contributed by atoms with Crippen LogP contribution in [-0.4, -0.2) is 26.3 Å². The number of carbonyl (C=O) groups is 1. The Bertz CT molecular complexity index is 839. The molecule has 1 N–H and O–H groups in total. The van der Waals surface area contributed by atoms with E-state index in [1.54, 1.807) is 4.68 Å². The van der Waals surface area contributed by atoms with Crippen LogP contribution in [-0.2, 0) is 17.9 Å². The molecule has 3 rings (SSSR count). The summed E-state index contributed by atoms with van der Waals surface area (Å²) in [6.07, 6.45) is 4.93. The number of aromatic nitrogens is 3. The summed E-state index contributed by atoms with van der Waals surface area (Å²) in [4.78, 5) is 12.2. The molecular weight excluding hydrogens is 380 g/mol. The van der Waals surface area contributed by atoms with Gasteiger partial charge in [-0.2, -0.15) is 5.10 Å². The van der Waals surface area contributed by atoms with Crippen molar-refractivity contribution in [1.82, 2.24) is 19.7 Å². The van der Waals surface area contributed by atoms with Gasteiger partial charge in [-0.25, -0.2) is 4.68 Å². The Hall–Kier alpha value is -1.66. The van der Waals surface area contributed by atoms with E-state index in [0.29, 0.717) is 28.7 Å². The van der Waals surface area contributed by atoms with E-state index in [-0.39, 0.29) is 11.9 Å². The van der Waals surface area contributed by atoms with E-state index in [2.05, 4.69) is 23.7 Å². The minimum absolute atomic E-state index is 0.0625. The van der Waals surface area contributed by atoms with Crippen LogP contribution >= 0.6 is 23.8 Å². The van der Waals surface area contributed by atoms with Crippen molar-refractivity contribution in [2.75, 3.05) is 0 Å². The van der Waals surface area contributed by atoms with Gasteiger partial charge >= 0.3 is 0 Å². The van der Waals surface area contributed by atoms with Gasteiger partial charge in [0, 0.05) is 29.6 Å². The Labute approximate surface area is 170 Å². The fraction of sp³-hybridized carbons (Fsp3) is 0.550. The first-order chi connectivity index (χ1) is 13.0. The maximum absolute atomic E-state index is 12.2. The van der Waals surface area contributed by atoms with Crippen molar-refractivity contribution >= 4 is 29.7 Å². The monoisotopic (exact) mass is 406 g/mol. The first-order valence-corrected chi connectivity index (χ1v) is 10.5. The fourth-order valence-corrected chi connectivity index (χ4v) is 3.60. The van der Waals surface area contributed by atoms with Crippen molar-refractivity contribution < 1.29 is 4.79 Å². The first kappa shape index (κ1) is 20.1. The van der Waals surface area contributed by atoms with Crippen LogP contribution < -0.4 is 5.32 Å². The van der Waals surface area contributed by atoms with Gasteiger partial charge in [0.2, 0.25) is 5.91 Å². The van der Waals surface area contributed by atoms with Crippen LogP contribution in [0.2, 0.25) is 5.02 Å². The third-order valence-electron chi connectivity index (χ3n) is 5.03. The molecular formula is C20H27ClN4OS. The van der Waals surface area contributed by atoms with Gasteiger partial charge in [0.1, 0.15) is 0 Å². The predicted molar refractivity (Wildman–Crippen MR) is 111 cm³/mol. The summed E-state index contributed by atoms with van der Waals surface area (Å²) in [7, 11) is 0. The first-order valence-electron chi connectivity index (χ1n) is 9.72. The molecule has 1 aliphatic rings. The maximum atomic E-state index is 12.2. The van der Waals surface area contributed by atoms with Crippen molar-refractivity contribution in [3.8, 4) is 11.4 Å². The van der Waals surface area contributed by atoms with Gasteiger partial charge in [-0.1, -0.05) is 24.9 Å².